The largest absolute Gasteiger partial charge is 0.373 e. The molecule has 0 radical (unpaired) electrons. The quantitative estimate of drug-likeness (QED) is 0.672. The molecule has 3 nitrogen and oxygen atoms in total. The predicted octanol–water partition coefficient (Wildman–Crippen LogP) is 1.92. The van der Waals surface area contributed by atoms with E-state index in [9.17, 15) is 0 Å². The van der Waals surface area contributed by atoms with Crippen molar-refractivity contribution in [3.63, 3.8) is 0 Å². The first-order valence-corrected chi connectivity index (χ1v) is 5.18. The minimum atomic E-state index is 0.603. The molecule has 0 unspecified atom stereocenters. The van der Waals surface area contributed by atoms with Gasteiger partial charge in [0.05, 0.1) is 0 Å². The Balaban J connectivity index is 2.12. The van der Waals surface area contributed by atoms with Crippen molar-refractivity contribution >= 4 is 17.8 Å². The van der Waals surface area contributed by atoms with Gasteiger partial charge in [0.1, 0.15) is 6.67 Å². The highest BCUT2D eigenvalue weighted by molar-refractivity contribution is 7.96. The summed E-state index contributed by atoms with van der Waals surface area (Å²) in [6, 6.07) is 9.91. The third-order valence-corrected chi connectivity index (χ3v) is 2.34. The number of aliphatic imine (C=N–C) groups is 1. The Morgan fingerprint density at radius 1 is 1.38 bits per heavy atom. The Morgan fingerprint density at radius 2 is 2.15 bits per heavy atom. The SMILES string of the molecule is CSN1CN=C(c2ccccc2)O1. The van der Waals surface area contributed by atoms with Gasteiger partial charge in [-0.2, -0.15) is 0 Å². The summed E-state index contributed by atoms with van der Waals surface area (Å²) >= 11 is 1.53. The molecule has 1 heterocycles. The molecule has 0 aromatic heterocycles. The Kier molecular flexibility index (Phi) is 2.52. The highest BCUT2D eigenvalue weighted by Gasteiger charge is 2.17. The first kappa shape index (κ1) is 8.59. The van der Waals surface area contributed by atoms with Crippen molar-refractivity contribution < 1.29 is 4.84 Å². The molecule has 0 atom stereocenters. The summed E-state index contributed by atoms with van der Waals surface area (Å²) in [7, 11) is 0. The van der Waals surface area contributed by atoms with Gasteiger partial charge in [0.25, 0.3) is 0 Å². The molecule has 0 N–H and O–H groups in total. The molecule has 0 saturated carbocycles. The van der Waals surface area contributed by atoms with Crippen molar-refractivity contribution in [2.45, 2.75) is 0 Å². The van der Waals surface area contributed by atoms with Crippen LogP contribution in [-0.4, -0.2) is 23.3 Å². The number of hydrogen-bond donors (Lipinski definition) is 0. The molecule has 0 bridgehead atoms. The minimum Gasteiger partial charge on any atom is -0.373 e. The number of hydrogen-bond acceptors (Lipinski definition) is 4. The zero-order valence-electron chi connectivity index (χ0n) is 7.30. The summed E-state index contributed by atoms with van der Waals surface area (Å²) in [5.74, 6) is 0.704. The van der Waals surface area contributed by atoms with Crippen LogP contribution in [0.15, 0.2) is 35.3 Å². The van der Waals surface area contributed by atoms with Crippen LogP contribution in [0.3, 0.4) is 0 Å². The van der Waals surface area contributed by atoms with Gasteiger partial charge in [0.15, 0.2) is 0 Å². The average molecular weight is 194 g/mol. The van der Waals surface area contributed by atoms with Gasteiger partial charge in [0, 0.05) is 5.56 Å². The second-order valence-corrected chi connectivity index (χ2v) is 3.35. The van der Waals surface area contributed by atoms with Crippen LogP contribution in [-0.2, 0) is 4.84 Å². The van der Waals surface area contributed by atoms with E-state index in [2.05, 4.69) is 4.99 Å². The summed E-state index contributed by atoms with van der Waals surface area (Å²) in [6.45, 7) is 0.603. The van der Waals surface area contributed by atoms with Crippen molar-refractivity contribution in [1.82, 2.24) is 4.47 Å². The standard InChI is InChI=1S/C9H10N2OS/c1-13-11-7-10-9(12-11)8-5-3-2-4-6-8/h2-6H,7H2,1H3. The van der Waals surface area contributed by atoms with Crippen LogP contribution in [0, 0.1) is 0 Å². The fourth-order valence-electron chi connectivity index (χ4n) is 1.10. The summed E-state index contributed by atoms with van der Waals surface area (Å²) < 4.78 is 1.74. The molecular formula is C9H10N2OS. The number of benzene rings is 1. The lowest BCUT2D eigenvalue weighted by molar-refractivity contribution is 0.0653. The second-order valence-electron chi connectivity index (χ2n) is 2.58. The Labute approximate surface area is 81.5 Å². The van der Waals surface area contributed by atoms with Crippen molar-refractivity contribution in [2.75, 3.05) is 12.9 Å². The van der Waals surface area contributed by atoms with Crippen LogP contribution >= 0.6 is 11.9 Å². The van der Waals surface area contributed by atoms with Gasteiger partial charge in [-0.15, -0.1) is 0 Å². The molecule has 1 aromatic rings. The van der Waals surface area contributed by atoms with Gasteiger partial charge < -0.3 is 4.84 Å². The van der Waals surface area contributed by atoms with Gasteiger partial charge in [-0.25, -0.2) is 4.99 Å². The van der Waals surface area contributed by atoms with E-state index in [1.54, 1.807) is 4.47 Å². The molecule has 1 aliphatic rings. The van der Waals surface area contributed by atoms with E-state index < -0.39 is 0 Å². The molecule has 0 aliphatic carbocycles. The molecule has 1 aliphatic heterocycles. The van der Waals surface area contributed by atoms with Gasteiger partial charge in [-0.05, 0) is 30.3 Å². The number of nitrogens with zero attached hydrogens (tertiary/aromatic N) is 2. The average Bonchev–Trinajstić information content (AvgIpc) is 2.67. The molecule has 68 valence electrons. The lowest BCUT2D eigenvalue weighted by Crippen LogP contribution is -2.12. The van der Waals surface area contributed by atoms with Gasteiger partial charge in [-0.1, -0.05) is 22.7 Å². The monoisotopic (exact) mass is 194 g/mol. The van der Waals surface area contributed by atoms with Crippen LogP contribution in [0.2, 0.25) is 0 Å². The van der Waals surface area contributed by atoms with Gasteiger partial charge in [-0.3, -0.25) is 0 Å². The predicted molar refractivity (Wildman–Crippen MR) is 54.3 cm³/mol. The summed E-state index contributed by atoms with van der Waals surface area (Å²) in [5, 5.41) is 0. The summed E-state index contributed by atoms with van der Waals surface area (Å²) in [5.41, 5.74) is 1.03. The maximum absolute atomic E-state index is 5.44. The van der Waals surface area contributed by atoms with Crippen LogP contribution in [0.4, 0.5) is 0 Å². The molecule has 0 fully saturated rings. The van der Waals surface area contributed by atoms with E-state index in [1.807, 2.05) is 36.6 Å². The number of hydroxylamine groups is 1. The van der Waals surface area contributed by atoms with Crippen molar-refractivity contribution in [3.05, 3.63) is 35.9 Å². The third kappa shape index (κ3) is 1.84. The van der Waals surface area contributed by atoms with Crippen LogP contribution in [0.25, 0.3) is 0 Å². The highest BCUT2D eigenvalue weighted by Crippen LogP contribution is 2.16. The molecule has 1 aromatic carbocycles. The van der Waals surface area contributed by atoms with Gasteiger partial charge >= 0.3 is 0 Å². The third-order valence-electron chi connectivity index (χ3n) is 1.74. The maximum Gasteiger partial charge on any atom is 0.243 e. The van der Waals surface area contributed by atoms with E-state index in [0.29, 0.717) is 12.6 Å². The molecule has 0 saturated heterocycles. The maximum atomic E-state index is 5.44. The fraction of sp³-hybridized carbons (Fsp3) is 0.222. The molecule has 0 amide bonds. The van der Waals surface area contributed by atoms with Crippen molar-refractivity contribution in [2.24, 2.45) is 4.99 Å². The molecule has 0 spiro atoms. The fourth-order valence-corrected chi connectivity index (χ4v) is 1.41. The summed E-state index contributed by atoms with van der Waals surface area (Å²) in [6.07, 6.45) is 1.96. The van der Waals surface area contributed by atoms with Crippen molar-refractivity contribution in [3.8, 4) is 0 Å². The topological polar surface area (TPSA) is 24.8 Å². The summed E-state index contributed by atoms with van der Waals surface area (Å²) in [4.78, 5) is 9.70. The van der Waals surface area contributed by atoms with E-state index in [0.717, 1.165) is 5.56 Å². The first-order valence-electron chi connectivity index (χ1n) is 3.99. The smallest absolute Gasteiger partial charge is 0.243 e. The molecule has 2 rings (SSSR count). The Morgan fingerprint density at radius 3 is 2.77 bits per heavy atom. The number of rotatable bonds is 2. The van der Waals surface area contributed by atoms with Crippen LogP contribution in [0.5, 0.6) is 0 Å². The van der Waals surface area contributed by atoms with Crippen LogP contribution < -0.4 is 0 Å². The minimum absolute atomic E-state index is 0.603. The molecule has 13 heavy (non-hydrogen) atoms. The lowest BCUT2D eigenvalue weighted by atomic mass is 10.2. The highest BCUT2D eigenvalue weighted by atomic mass is 32.2. The normalized spacial score (nSPS) is 16.8. The Hall–Kier alpha value is -1.00. The van der Waals surface area contributed by atoms with E-state index in [4.69, 9.17) is 4.84 Å². The van der Waals surface area contributed by atoms with E-state index in [1.165, 1.54) is 11.9 Å². The molecular weight excluding hydrogens is 184 g/mol. The van der Waals surface area contributed by atoms with Crippen molar-refractivity contribution in [1.29, 1.82) is 0 Å². The zero-order valence-corrected chi connectivity index (χ0v) is 8.12. The van der Waals surface area contributed by atoms with E-state index >= 15 is 0 Å². The zero-order chi connectivity index (χ0) is 9.10. The Bertz CT molecular complexity index is 313. The second kappa shape index (κ2) is 3.81. The lowest BCUT2D eigenvalue weighted by Gasteiger charge is -2.09. The first-order chi connectivity index (χ1) is 6.40. The molecule has 4 heteroatoms. The van der Waals surface area contributed by atoms with Crippen LogP contribution in [0.1, 0.15) is 5.56 Å². The van der Waals surface area contributed by atoms with Gasteiger partial charge in [0.2, 0.25) is 5.90 Å². The van der Waals surface area contributed by atoms with E-state index in [-0.39, 0.29) is 0 Å².